The zero-order valence-electron chi connectivity index (χ0n) is 9.53. The molecule has 1 aliphatic heterocycles. The van der Waals surface area contributed by atoms with Gasteiger partial charge in [0.25, 0.3) is 0 Å². The number of imide groups is 1. The van der Waals surface area contributed by atoms with Crippen LogP contribution in [-0.4, -0.2) is 36.1 Å². The highest BCUT2D eigenvalue weighted by molar-refractivity contribution is 6.10. The van der Waals surface area contributed by atoms with Crippen LogP contribution < -0.4 is 0 Å². The molecule has 1 aliphatic rings. The summed E-state index contributed by atoms with van der Waals surface area (Å²) < 4.78 is 77.2. The molecule has 0 spiro atoms. The third-order valence-corrected chi connectivity index (χ3v) is 3.60. The molecule has 104 valence electrons. The SMILES string of the molecule is CN1C(=O)C(C)(C(F)(F)F)C(C)(C(F)(F)F)C1=O. The first-order valence-corrected chi connectivity index (χ1v) is 4.69. The number of amides is 2. The van der Waals surface area contributed by atoms with Crippen LogP contribution >= 0.6 is 0 Å². The molecule has 0 aromatic rings. The number of rotatable bonds is 0. The lowest BCUT2D eigenvalue weighted by Gasteiger charge is -2.38. The largest absolute Gasteiger partial charge is 0.404 e. The molecule has 0 N–H and O–H groups in total. The van der Waals surface area contributed by atoms with Crippen molar-refractivity contribution >= 4 is 11.8 Å². The average Bonchev–Trinajstić information content (AvgIpc) is 2.31. The monoisotopic (exact) mass is 277 g/mol. The summed E-state index contributed by atoms with van der Waals surface area (Å²) >= 11 is 0. The van der Waals surface area contributed by atoms with Gasteiger partial charge in [0.1, 0.15) is 0 Å². The minimum atomic E-state index is -5.49. The topological polar surface area (TPSA) is 37.4 Å². The summed E-state index contributed by atoms with van der Waals surface area (Å²) in [5.41, 5.74) is -7.63. The lowest BCUT2D eigenvalue weighted by Crippen LogP contribution is -2.57. The molecule has 9 heteroatoms. The Hall–Kier alpha value is -1.28. The van der Waals surface area contributed by atoms with Gasteiger partial charge in [-0.25, -0.2) is 0 Å². The molecule has 2 unspecified atom stereocenters. The van der Waals surface area contributed by atoms with Crippen molar-refractivity contribution in [2.45, 2.75) is 26.2 Å². The fourth-order valence-corrected chi connectivity index (χ4v) is 2.00. The highest BCUT2D eigenvalue weighted by Crippen LogP contribution is 2.62. The maximum Gasteiger partial charge on any atom is 0.404 e. The lowest BCUT2D eigenvalue weighted by atomic mass is 9.66. The highest BCUT2D eigenvalue weighted by atomic mass is 19.4. The summed E-state index contributed by atoms with van der Waals surface area (Å²) in [6, 6.07) is 0. The molecule has 1 heterocycles. The van der Waals surface area contributed by atoms with E-state index in [0.717, 1.165) is 0 Å². The van der Waals surface area contributed by atoms with Crippen LogP contribution in [0.2, 0.25) is 0 Å². The number of alkyl halides is 6. The zero-order chi connectivity index (χ0) is 14.7. The van der Waals surface area contributed by atoms with Gasteiger partial charge in [0.15, 0.2) is 10.8 Å². The Labute approximate surface area is 97.7 Å². The number of nitrogens with zero attached hydrogens (tertiary/aromatic N) is 1. The molecule has 1 rings (SSSR count). The summed E-state index contributed by atoms with van der Waals surface area (Å²) in [4.78, 5) is 22.7. The van der Waals surface area contributed by atoms with E-state index in [1.807, 2.05) is 0 Å². The Morgan fingerprint density at radius 3 is 1.22 bits per heavy atom. The van der Waals surface area contributed by atoms with Crippen LogP contribution in [0.5, 0.6) is 0 Å². The molecule has 0 aromatic carbocycles. The van der Waals surface area contributed by atoms with Crippen molar-refractivity contribution in [1.29, 1.82) is 0 Å². The predicted molar refractivity (Wildman–Crippen MR) is 46.1 cm³/mol. The van der Waals surface area contributed by atoms with Gasteiger partial charge in [0, 0.05) is 7.05 Å². The number of hydrogen-bond donors (Lipinski definition) is 0. The second-order valence-electron chi connectivity index (χ2n) is 4.41. The Morgan fingerprint density at radius 1 is 0.833 bits per heavy atom. The van der Waals surface area contributed by atoms with E-state index < -0.39 is 35.0 Å². The molecule has 3 nitrogen and oxygen atoms in total. The van der Waals surface area contributed by atoms with Crippen LogP contribution in [0.1, 0.15) is 13.8 Å². The zero-order valence-corrected chi connectivity index (χ0v) is 9.53. The van der Waals surface area contributed by atoms with Gasteiger partial charge in [0.2, 0.25) is 11.8 Å². The molecule has 0 aromatic heterocycles. The van der Waals surface area contributed by atoms with Crippen molar-refractivity contribution in [3.63, 3.8) is 0 Å². The predicted octanol–water partition coefficient (Wildman–Crippen LogP) is 2.12. The third-order valence-electron chi connectivity index (χ3n) is 3.60. The number of carbonyl (C=O) groups is 2. The first kappa shape index (κ1) is 14.8. The van der Waals surface area contributed by atoms with E-state index in [1.54, 1.807) is 0 Å². The van der Waals surface area contributed by atoms with Crippen LogP contribution in [0.15, 0.2) is 0 Å². The summed E-state index contributed by atoms with van der Waals surface area (Å²) in [6.45, 7) is 0.203. The highest BCUT2D eigenvalue weighted by Gasteiger charge is 2.83. The first-order valence-electron chi connectivity index (χ1n) is 4.69. The molecule has 0 bridgehead atoms. The molecule has 1 fully saturated rings. The van der Waals surface area contributed by atoms with E-state index in [9.17, 15) is 35.9 Å². The maximum atomic E-state index is 12.9. The number of hydrogen-bond acceptors (Lipinski definition) is 2. The lowest BCUT2D eigenvalue weighted by molar-refractivity contribution is -0.301. The van der Waals surface area contributed by atoms with Crippen LogP contribution in [0, 0.1) is 10.8 Å². The van der Waals surface area contributed by atoms with Gasteiger partial charge in [-0.3, -0.25) is 14.5 Å². The summed E-state index contributed by atoms with van der Waals surface area (Å²) in [6.07, 6.45) is -11.0. The van der Waals surface area contributed by atoms with Gasteiger partial charge in [-0.2, -0.15) is 26.3 Å². The summed E-state index contributed by atoms with van der Waals surface area (Å²) in [5.74, 6) is -3.81. The van der Waals surface area contributed by atoms with Gasteiger partial charge in [-0.1, -0.05) is 0 Å². The van der Waals surface area contributed by atoms with Gasteiger partial charge < -0.3 is 0 Å². The average molecular weight is 277 g/mol. The van der Waals surface area contributed by atoms with Gasteiger partial charge in [0.05, 0.1) is 0 Å². The van der Waals surface area contributed by atoms with Gasteiger partial charge in [-0.05, 0) is 13.8 Å². The fourth-order valence-electron chi connectivity index (χ4n) is 2.00. The fraction of sp³-hybridized carbons (Fsp3) is 0.778. The number of halogens is 6. The minimum absolute atomic E-state index is 0.101. The normalized spacial score (nSPS) is 34.4. The Bertz CT molecular complexity index is 376. The van der Waals surface area contributed by atoms with Crippen molar-refractivity contribution in [3.05, 3.63) is 0 Å². The second-order valence-corrected chi connectivity index (χ2v) is 4.41. The second kappa shape index (κ2) is 3.39. The van der Waals surface area contributed by atoms with Crippen LogP contribution in [0.25, 0.3) is 0 Å². The van der Waals surface area contributed by atoms with Crippen molar-refractivity contribution in [2.75, 3.05) is 7.05 Å². The number of carbonyl (C=O) groups excluding carboxylic acids is 2. The molecule has 0 radical (unpaired) electrons. The standard InChI is InChI=1S/C9H9F6NO2/c1-6(8(10,11)12)4(17)16(3)5(18)7(6,2)9(13,14)15/h1-3H3. The minimum Gasteiger partial charge on any atom is -0.284 e. The Morgan fingerprint density at radius 2 is 1.06 bits per heavy atom. The van der Waals surface area contributed by atoms with Gasteiger partial charge in [-0.15, -0.1) is 0 Å². The van der Waals surface area contributed by atoms with Crippen molar-refractivity contribution < 1.29 is 35.9 Å². The Kier molecular flexibility index (Phi) is 2.78. The number of likely N-dealkylation sites (tertiary alicyclic amines) is 1. The van der Waals surface area contributed by atoms with Crippen LogP contribution in [-0.2, 0) is 9.59 Å². The van der Waals surface area contributed by atoms with E-state index in [0.29, 0.717) is 7.05 Å². The van der Waals surface area contributed by atoms with Crippen LogP contribution in [0.3, 0.4) is 0 Å². The van der Waals surface area contributed by atoms with Crippen molar-refractivity contribution in [1.82, 2.24) is 4.90 Å². The Balaban J connectivity index is 3.66. The van der Waals surface area contributed by atoms with E-state index in [2.05, 4.69) is 0 Å². The summed E-state index contributed by atoms with van der Waals surface area (Å²) in [5, 5.41) is 0. The summed E-state index contributed by atoms with van der Waals surface area (Å²) in [7, 11) is 0.603. The van der Waals surface area contributed by atoms with E-state index in [1.165, 1.54) is 0 Å². The van der Waals surface area contributed by atoms with Crippen molar-refractivity contribution in [2.24, 2.45) is 10.8 Å². The molecule has 1 saturated heterocycles. The molecule has 0 aliphatic carbocycles. The maximum absolute atomic E-state index is 12.9. The molecule has 2 atom stereocenters. The molecular weight excluding hydrogens is 268 g/mol. The quantitative estimate of drug-likeness (QED) is 0.502. The van der Waals surface area contributed by atoms with E-state index in [-0.39, 0.29) is 18.7 Å². The van der Waals surface area contributed by atoms with E-state index >= 15 is 0 Å². The van der Waals surface area contributed by atoms with E-state index in [4.69, 9.17) is 0 Å². The smallest absolute Gasteiger partial charge is 0.284 e. The van der Waals surface area contributed by atoms with Gasteiger partial charge >= 0.3 is 12.4 Å². The van der Waals surface area contributed by atoms with Crippen molar-refractivity contribution in [3.8, 4) is 0 Å². The first-order chi connectivity index (χ1) is 7.73. The third kappa shape index (κ3) is 1.33. The molecule has 0 saturated carbocycles. The molecule has 18 heavy (non-hydrogen) atoms. The molecule has 2 amide bonds. The molecular formula is C9H9F6NO2. The van der Waals surface area contributed by atoms with Crippen LogP contribution in [0.4, 0.5) is 26.3 Å².